The van der Waals surface area contributed by atoms with Gasteiger partial charge in [0.05, 0.1) is 19.6 Å². The van der Waals surface area contributed by atoms with E-state index in [0.29, 0.717) is 36.0 Å². The van der Waals surface area contributed by atoms with Gasteiger partial charge in [-0.15, -0.1) is 0 Å². The number of carbonyl (C=O) groups excluding carboxylic acids is 2. The Labute approximate surface area is 160 Å². The van der Waals surface area contributed by atoms with Crippen LogP contribution in [0.2, 0.25) is 0 Å². The Morgan fingerprint density at radius 1 is 0.889 bits per heavy atom. The summed E-state index contributed by atoms with van der Waals surface area (Å²) < 4.78 is 11.5. The highest BCUT2D eigenvalue weighted by Crippen LogP contribution is 2.25. The molecule has 0 radical (unpaired) electrons. The van der Waals surface area contributed by atoms with Crippen LogP contribution in [0.4, 0.5) is 0 Å². The Hall–Kier alpha value is -2.69. The minimum absolute atomic E-state index is 0.232. The molecule has 0 unspecified atom stereocenters. The largest absolute Gasteiger partial charge is 0.493 e. The molecule has 0 bridgehead atoms. The van der Waals surface area contributed by atoms with Gasteiger partial charge in [0.1, 0.15) is 17.2 Å². The van der Waals surface area contributed by atoms with E-state index in [4.69, 9.17) is 9.47 Å². The Morgan fingerprint density at radius 2 is 1.52 bits per heavy atom. The van der Waals surface area contributed by atoms with Crippen LogP contribution in [-0.2, 0) is 0 Å². The average Bonchev–Trinajstić information content (AvgIpc) is 2.69. The van der Waals surface area contributed by atoms with Crippen molar-refractivity contribution in [2.75, 3.05) is 13.2 Å². The van der Waals surface area contributed by atoms with E-state index in [1.807, 2.05) is 0 Å². The van der Waals surface area contributed by atoms with E-state index in [-0.39, 0.29) is 18.0 Å². The van der Waals surface area contributed by atoms with E-state index in [2.05, 4.69) is 18.8 Å². The maximum Gasteiger partial charge on any atom is 0.188 e. The van der Waals surface area contributed by atoms with Gasteiger partial charge < -0.3 is 9.47 Å². The van der Waals surface area contributed by atoms with Gasteiger partial charge in [0.2, 0.25) is 0 Å². The van der Waals surface area contributed by atoms with Gasteiger partial charge in [0, 0.05) is 17.8 Å². The Morgan fingerprint density at radius 3 is 2.04 bits per heavy atom. The third-order valence-corrected chi connectivity index (χ3v) is 4.01. The number of ketones is 2. The number of carbonyl (C=O) groups is 2. The molecule has 5 nitrogen and oxygen atoms in total. The summed E-state index contributed by atoms with van der Waals surface area (Å²) in [6.07, 6.45) is 5.22. The summed E-state index contributed by atoms with van der Waals surface area (Å²) in [5.41, 5.74) is 0.709. The van der Waals surface area contributed by atoms with Crippen LogP contribution in [0.1, 0.15) is 66.8 Å². The lowest BCUT2D eigenvalue weighted by Gasteiger charge is -2.12. The number of Topliss-reactive ketones (excluding diaryl/α,β-unsaturated/α-hetero) is 2. The second-order valence-corrected chi connectivity index (χ2v) is 6.34. The van der Waals surface area contributed by atoms with Crippen LogP contribution in [-0.4, -0.2) is 29.8 Å². The van der Waals surface area contributed by atoms with Crippen molar-refractivity contribution in [3.63, 3.8) is 0 Å². The normalized spacial score (nSPS) is 10.4. The molecule has 1 heterocycles. The van der Waals surface area contributed by atoms with E-state index in [1.165, 1.54) is 0 Å². The molecule has 1 aromatic heterocycles. The van der Waals surface area contributed by atoms with Gasteiger partial charge in [-0.1, -0.05) is 32.8 Å². The summed E-state index contributed by atoms with van der Waals surface area (Å²) in [5.74, 6) is 0.607. The molecule has 0 spiro atoms. The number of rotatable bonds is 12. The predicted molar refractivity (Wildman–Crippen MR) is 105 cm³/mol. The number of nitrogens with zero attached hydrogens (tertiary/aromatic N) is 1. The summed E-state index contributed by atoms with van der Waals surface area (Å²) in [7, 11) is 0. The molecule has 144 valence electrons. The van der Waals surface area contributed by atoms with Crippen LogP contribution in [0.3, 0.4) is 0 Å². The highest BCUT2D eigenvalue weighted by atomic mass is 16.5. The van der Waals surface area contributed by atoms with Crippen molar-refractivity contribution >= 4 is 11.6 Å². The van der Waals surface area contributed by atoms with E-state index in [9.17, 15) is 9.59 Å². The SMILES string of the molecule is CCCCOc1cc(OCCCC)cc(C(=O)CC(=O)c2ccccn2)c1. The first kappa shape index (κ1) is 20.6. The predicted octanol–water partition coefficient (Wildman–Crippen LogP) is 4.90. The fourth-order valence-corrected chi connectivity index (χ4v) is 2.43. The second kappa shape index (κ2) is 11.1. The third-order valence-electron chi connectivity index (χ3n) is 4.01. The fraction of sp³-hybridized carbons (Fsp3) is 0.409. The quantitative estimate of drug-likeness (QED) is 0.303. The fourth-order valence-electron chi connectivity index (χ4n) is 2.43. The van der Waals surface area contributed by atoms with Crippen molar-refractivity contribution in [1.82, 2.24) is 4.98 Å². The van der Waals surface area contributed by atoms with Crippen LogP contribution >= 0.6 is 0 Å². The Kier molecular flexibility index (Phi) is 8.49. The molecule has 0 N–H and O–H groups in total. The van der Waals surface area contributed by atoms with Crippen LogP contribution in [0.5, 0.6) is 11.5 Å². The molecule has 5 heteroatoms. The monoisotopic (exact) mass is 369 g/mol. The van der Waals surface area contributed by atoms with Crippen molar-refractivity contribution in [2.24, 2.45) is 0 Å². The standard InChI is InChI=1S/C22H27NO4/c1-3-5-11-26-18-13-17(14-19(15-18)27-12-6-4-2)21(24)16-22(25)20-9-7-8-10-23-20/h7-10,13-15H,3-6,11-12,16H2,1-2H3. The van der Waals surface area contributed by atoms with Crippen molar-refractivity contribution in [1.29, 1.82) is 0 Å². The van der Waals surface area contributed by atoms with Gasteiger partial charge in [0.15, 0.2) is 11.6 Å². The number of benzene rings is 1. The number of hydrogen-bond donors (Lipinski definition) is 0. The molecule has 0 aliphatic rings. The van der Waals surface area contributed by atoms with Gasteiger partial charge in [-0.05, 0) is 37.1 Å². The molecular weight excluding hydrogens is 342 g/mol. The Bertz CT molecular complexity index is 715. The maximum absolute atomic E-state index is 12.6. The van der Waals surface area contributed by atoms with Gasteiger partial charge >= 0.3 is 0 Å². The van der Waals surface area contributed by atoms with Gasteiger partial charge in [-0.25, -0.2) is 0 Å². The molecule has 0 fully saturated rings. The maximum atomic E-state index is 12.6. The number of hydrogen-bond acceptors (Lipinski definition) is 5. The highest BCUT2D eigenvalue weighted by Gasteiger charge is 2.16. The van der Waals surface area contributed by atoms with Gasteiger partial charge in [-0.3, -0.25) is 14.6 Å². The minimum atomic E-state index is -0.300. The number of ether oxygens (including phenoxy) is 2. The summed E-state index contributed by atoms with van der Waals surface area (Å²) in [5, 5.41) is 0. The van der Waals surface area contributed by atoms with E-state index in [1.54, 1.807) is 42.6 Å². The molecule has 1 aromatic carbocycles. The van der Waals surface area contributed by atoms with E-state index in [0.717, 1.165) is 25.7 Å². The lowest BCUT2D eigenvalue weighted by molar-refractivity contribution is 0.0891. The smallest absolute Gasteiger partial charge is 0.188 e. The van der Waals surface area contributed by atoms with E-state index >= 15 is 0 Å². The number of aromatic nitrogens is 1. The highest BCUT2D eigenvalue weighted by molar-refractivity contribution is 6.13. The van der Waals surface area contributed by atoms with Crippen molar-refractivity contribution < 1.29 is 19.1 Å². The van der Waals surface area contributed by atoms with Crippen LogP contribution in [0, 0.1) is 0 Å². The summed E-state index contributed by atoms with van der Waals surface area (Å²) >= 11 is 0. The third kappa shape index (κ3) is 6.85. The Balaban J connectivity index is 2.13. The molecule has 2 aromatic rings. The molecule has 0 atom stereocenters. The molecule has 2 rings (SSSR count). The van der Waals surface area contributed by atoms with Crippen molar-refractivity contribution in [2.45, 2.75) is 46.0 Å². The molecule has 0 saturated heterocycles. The number of pyridine rings is 1. The zero-order chi connectivity index (χ0) is 19.5. The first-order valence-corrected chi connectivity index (χ1v) is 9.52. The van der Waals surface area contributed by atoms with Crippen molar-refractivity contribution in [3.8, 4) is 11.5 Å². The lowest BCUT2D eigenvalue weighted by atomic mass is 10.0. The molecule has 27 heavy (non-hydrogen) atoms. The zero-order valence-electron chi connectivity index (χ0n) is 16.1. The van der Waals surface area contributed by atoms with Gasteiger partial charge in [-0.2, -0.15) is 0 Å². The van der Waals surface area contributed by atoms with E-state index < -0.39 is 0 Å². The second-order valence-electron chi connectivity index (χ2n) is 6.34. The minimum Gasteiger partial charge on any atom is -0.493 e. The summed E-state index contributed by atoms with van der Waals surface area (Å²) in [6, 6.07) is 10.2. The zero-order valence-corrected chi connectivity index (χ0v) is 16.1. The molecule has 0 aliphatic heterocycles. The summed E-state index contributed by atoms with van der Waals surface area (Å²) in [4.78, 5) is 28.9. The summed E-state index contributed by atoms with van der Waals surface area (Å²) in [6.45, 7) is 5.34. The lowest BCUT2D eigenvalue weighted by Crippen LogP contribution is -2.10. The molecule has 0 aliphatic carbocycles. The van der Waals surface area contributed by atoms with Gasteiger partial charge in [0.25, 0.3) is 0 Å². The first-order chi connectivity index (χ1) is 13.1. The van der Waals surface area contributed by atoms with Crippen LogP contribution in [0.15, 0.2) is 42.6 Å². The topological polar surface area (TPSA) is 65.5 Å². The molecule has 0 saturated carbocycles. The van der Waals surface area contributed by atoms with Crippen molar-refractivity contribution in [3.05, 3.63) is 53.9 Å². The molecular formula is C22H27NO4. The number of unbranched alkanes of at least 4 members (excludes halogenated alkanes) is 2. The van der Waals surface area contributed by atoms with Crippen LogP contribution in [0.25, 0.3) is 0 Å². The average molecular weight is 369 g/mol. The molecule has 0 amide bonds. The first-order valence-electron chi connectivity index (χ1n) is 9.52. The van der Waals surface area contributed by atoms with Crippen LogP contribution < -0.4 is 9.47 Å².